The molecule has 0 amide bonds. The third-order valence-corrected chi connectivity index (χ3v) is 6.41. The fourth-order valence-corrected chi connectivity index (χ4v) is 4.77. The van der Waals surface area contributed by atoms with E-state index in [1.807, 2.05) is 72.8 Å². The van der Waals surface area contributed by atoms with Crippen LogP contribution in [-0.2, 0) is 18.6 Å². The smallest absolute Gasteiger partial charge is 0.403 e. The Morgan fingerprint density at radius 1 is 0.324 bits per heavy atom. The highest BCUT2D eigenvalue weighted by molar-refractivity contribution is 7.11. The van der Waals surface area contributed by atoms with Crippen LogP contribution in [0.15, 0.2) is 121 Å². The van der Waals surface area contributed by atoms with Gasteiger partial charge in [-0.1, -0.05) is 121 Å². The largest absolute Gasteiger partial charge is 0.489 e. The second-order valence-corrected chi connectivity index (χ2v) is 8.61. The molecule has 2 aliphatic heterocycles. The second kappa shape index (κ2) is 9.61. The third-order valence-electron chi connectivity index (χ3n) is 6.41. The summed E-state index contributed by atoms with van der Waals surface area (Å²) in [5.74, 6) is 0. The SMILES string of the molecule is c1ccc([C@H]2OB3O[C@H](c4ccccc4)[C@@H](c4ccccc4)OB3O[C@@H]2c2ccccc2)cc1. The number of fused-ring (bicyclic) bond motifs is 1. The van der Waals surface area contributed by atoms with E-state index >= 15 is 0 Å². The first-order valence-corrected chi connectivity index (χ1v) is 11.7. The summed E-state index contributed by atoms with van der Waals surface area (Å²) in [7, 11) is -1.31. The third kappa shape index (κ3) is 4.22. The molecule has 0 spiro atoms. The van der Waals surface area contributed by atoms with E-state index in [2.05, 4.69) is 48.5 Å². The number of benzene rings is 4. The van der Waals surface area contributed by atoms with Crippen molar-refractivity contribution in [3.05, 3.63) is 144 Å². The summed E-state index contributed by atoms with van der Waals surface area (Å²) in [6.45, 7) is 0. The van der Waals surface area contributed by atoms with Gasteiger partial charge in [0, 0.05) is 0 Å². The van der Waals surface area contributed by atoms with Gasteiger partial charge in [-0.05, 0) is 22.3 Å². The Labute approximate surface area is 200 Å². The van der Waals surface area contributed by atoms with Crippen molar-refractivity contribution in [2.45, 2.75) is 24.4 Å². The van der Waals surface area contributed by atoms with E-state index in [1.165, 1.54) is 0 Å². The van der Waals surface area contributed by atoms with Crippen LogP contribution >= 0.6 is 0 Å². The van der Waals surface area contributed by atoms with Crippen molar-refractivity contribution in [1.29, 1.82) is 0 Å². The molecule has 6 rings (SSSR count). The molecular formula is C28H24B2O4. The number of hydrogen-bond donors (Lipinski definition) is 0. The van der Waals surface area contributed by atoms with Gasteiger partial charge in [0.25, 0.3) is 0 Å². The molecule has 0 aromatic heterocycles. The van der Waals surface area contributed by atoms with E-state index in [9.17, 15) is 0 Å². The lowest BCUT2D eigenvalue weighted by atomic mass is 9.45. The van der Waals surface area contributed by atoms with Crippen LogP contribution < -0.4 is 0 Å². The van der Waals surface area contributed by atoms with Crippen LogP contribution in [0.5, 0.6) is 0 Å². The summed E-state index contributed by atoms with van der Waals surface area (Å²) in [5.41, 5.74) is 4.17. The molecule has 2 aliphatic rings. The van der Waals surface area contributed by atoms with Crippen LogP contribution in [0.25, 0.3) is 0 Å². The van der Waals surface area contributed by atoms with Crippen LogP contribution in [0.2, 0.25) is 0 Å². The molecule has 4 aromatic rings. The minimum Gasteiger partial charge on any atom is -0.403 e. The van der Waals surface area contributed by atoms with Gasteiger partial charge < -0.3 is 18.6 Å². The Morgan fingerprint density at radius 3 is 0.735 bits per heavy atom. The predicted octanol–water partition coefficient (Wildman–Crippen LogP) is 6.10. The summed E-state index contributed by atoms with van der Waals surface area (Å²) in [6, 6.07) is 40.7. The maximum absolute atomic E-state index is 6.61. The van der Waals surface area contributed by atoms with Crippen molar-refractivity contribution in [3.8, 4) is 0 Å². The van der Waals surface area contributed by atoms with Crippen LogP contribution in [0.1, 0.15) is 46.7 Å². The summed E-state index contributed by atoms with van der Waals surface area (Å²) in [6.07, 6.45) is -1.28. The molecule has 2 saturated heterocycles. The van der Waals surface area contributed by atoms with Crippen LogP contribution in [0.4, 0.5) is 0 Å². The molecule has 34 heavy (non-hydrogen) atoms. The predicted molar refractivity (Wildman–Crippen MR) is 133 cm³/mol. The molecule has 0 bridgehead atoms. The zero-order valence-electron chi connectivity index (χ0n) is 18.6. The highest BCUT2D eigenvalue weighted by Crippen LogP contribution is 2.46. The summed E-state index contributed by atoms with van der Waals surface area (Å²) in [4.78, 5) is 0. The van der Waals surface area contributed by atoms with Crippen molar-refractivity contribution in [2.75, 3.05) is 0 Å². The molecule has 2 fully saturated rings. The van der Waals surface area contributed by atoms with Gasteiger partial charge in [0.2, 0.25) is 0 Å². The van der Waals surface area contributed by atoms with Gasteiger partial charge >= 0.3 is 14.0 Å². The molecular weight excluding hydrogens is 422 g/mol. The minimum absolute atomic E-state index is 0.321. The fourth-order valence-electron chi connectivity index (χ4n) is 4.77. The minimum atomic E-state index is -0.657. The van der Waals surface area contributed by atoms with Crippen molar-refractivity contribution >= 4 is 14.0 Å². The van der Waals surface area contributed by atoms with E-state index < -0.39 is 14.0 Å². The summed E-state index contributed by atoms with van der Waals surface area (Å²) in [5, 5.41) is 0. The first-order chi connectivity index (χ1) is 16.9. The maximum atomic E-state index is 6.61. The Hall–Kier alpha value is -3.15. The molecule has 6 heteroatoms. The lowest BCUT2D eigenvalue weighted by molar-refractivity contribution is -0.0738. The lowest BCUT2D eigenvalue weighted by Gasteiger charge is -2.45. The first kappa shape index (κ1) is 21.4. The summed E-state index contributed by atoms with van der Waals surface area (Å²) >= 11 is 0. The van der Waals surface area contributed by atoms with Crippen LogP contribution in [0, 0.1) is 0 Å². The average molecular weight is 446 g/mol. The molecule has 0 unspecified atom stereocenters. The Kier molecular flexibility index (Phi) is 6.04. The van der Waals surface area contributed by atoms with Crippen molar-refractivity contribution in [1.82, 2.24) is 0 Å². The lowest BCUT2D eigenvalue weighted by Crippen LogP contribution is -2.57. The maximum Gasteiger partial charge on any atom is 0.489 e. The first-order valence-electron chi connectivity index (χ1n) is 11.7. The van der Waals surface area contributed by atoms with Crippen LogP contribution in [-0.4, -0.2) is 14.0 Å². The van der Waals surface area contributed by atoms with Gasteiger partial charge in [-0.3, -0.25) is 0 Å². The van der Waals surface area contributed by atoms with Crippen molar-refractivity contribution in [2.24, 2.45) is 0 Å². The quantitative estimate of drug-likeness (QED) is 0.355. The van der Waals surface area contributed by atoms with Gasteiger partial charge in [-0.25, -0.2) is 0 Å². The molecule has 0 saturated carbocycles. The highest BCUT2D eigenvalue weighted by atomic mass is 16.7. The molecule has 4 nitrogen and oxygen atoms in total. The second-order valence-electron chi connectivity index (χ2n) is 8.61. The standard InChI is InChI=1S/C28H24B2O4/c1-5-13-21(14-6-1)25-26(22-15-7-2-8-16-22)32-30-29(31-25)33-27(23-17-9-3-10-18-23)28(34-30)24-19-11-4-12-20-24/h1-20,25-28H/t25-,26-,27-,28-/m1/s1. The van der Waals surface area contributed by atoms with E-state index in [1.54, 1.807) is 0 Å². The molecule has 0 radical (unpaired) electrons. The normalized spacial score (nSPS) is 24.5. The monoisotopic (exact) mass is 446 g/mol. The molecule has 4 aromatic carbocycles. The van der Waals surface area contributed by atoms with Gasteiger partial charge in [-0.2, -0.15) is 0 Å². The van der Waals surface area contributed by atoms with E-state index in [0.717, 1.165) is 22.3 Å². The highest BCUT2D eigenvalue weighted by Gasteiger charge is 2.56. The molecule has 4 atom stereocenters. The zero-order chi connectivity index (χ0) is 22.7. The number of hydrogen-bond acceptors (Lipinski definition) is 4. The van der Waals surface area contributed by atoms with E-state index in [-0.39, 0.29) is 24.4 Å². The van der Waals surface area contributed by atoms with Gasteiger partial charge in [0.1, 0.15) is 0 Å². The number of rotatable bonds is 4. The average Bonchev–Trinajstić information content (AvgIpc) is 2.93. The summed E-state index contributed by atoms with van der Waals surface area (Å²) < 4.78 is 26.4. The molecule has 0 aliphatic carbocycles. The Bertz CT molecular complexity index is 1000. The van der Waals surface area contributed by atoms with Gasteiger partial charge in [-0.15, -0.1) is 0 Å². The molecule has 0 N–H and O–H groups in total. The Morgan fingerprint density at radius 2 is 0.529 bits per heavy atom. The van der Waals surface area contributed by atoms with E-state index in [0.29, 0.717) is 0 Å². The van der Waals surface area contributed by atoms with Crippen molar-refractivity contribution < 1.29 is 18.6 Å². The molecule has 166 valence electrons. The fraction of sp³-hybridized carbons (Fsp3) is 0.143. The van der Waals surface area contributed by atoms with Crippen LogP contribution in [0.3, 0.4) is 0 Å². The Balaban J connectivity index is 1.37. The van der Waals surface area contributed by atoms with Gasteiger partial charge in [0.15, 0.2) is 0 Å². The van der Waals surface area contributed by atoms with Gasteiger partial charge in [0.05, 0.1) is 24.4 Å². The van der Waals surface area contributed by atoms with E-state index in [4.69, 9.17) is 18.6 Å². The zero-order valence-corrected chi connectivity index (χ0v) is 18.6. The molecule has 2 heterocycles. The van der Waals surface area contributed by atoms with Crippen molar-refractivity contribution in [3.63, 3.8) is 0 Å². The topological polar surface area (TPSA) is 36.9 Å².